The summed E-state index contributed by atoms with van der Waals surface area (Å²) in [6, 6.07) is 4.17. The molecule has 0 saturated carbocycles. The Morgan fingerprint density at radius 3 is 2.63 bits per heavy atom. The minimum atomic E-state index is -0.431. The van der Waals surface area contributed by atoms with Crippen LogP contribution in [0.15, 0.2) is 22.7 Å². The summed E-state index contributed by atoms with van der Waals surface area (Å²) in [6.07, 6.45) is 1.50. The summed E-state index contributed by atoms with van der Waals surface area (Å²) in [4.78, 5) is 12.2. The van der Waals surface area contributed by atoms with Crippen LogP contribution in [0.25, 0.3) is 0 Å². The van der Waals surface area contributed by atoms with E-state index in [2.05, 4.69) is 37.2 Å². The molecule has 1 saturated heterocycles. The maximum absolute atomic E-state index is 13.3. The van der Waals surface area contributed by atoms with Crippen molar-refractivity contribution in [1.82, 2.24) is 5.32 Å². The maximum atomic E-state index is 13.3. The predicted octanol–water partition coefficient (Wildman–Crippen LogP) is 3.26. The van der Waals surface area contributed by atoms with Gasteiger partial charge in [0, 0.05) is 28.6 Å². The number of amides is 1. The fourth-order valence-corrected chi connectivity index (χ4v) is 3.22. The van der Waals surface area contributed by atoms with Gasteiger partial charge in [-0.15, -0.1) is 0 Å². The molecule has 3 nitrogen and oxygen atoms in total. The quantitative estimate of drug-likeness (QED) is 0.799. The zero-order valence-corrected chi connectivity index (χ0v) is 13.4. The first-order chi connectivity index (χ1) is 9.04. The Balaban J connectivity index is 2.15. The van der Waals surface area contributed by atoms with Crippen LogP contribution in [-0.4, -0.2) is 30.0 Å². The highest BCUT2D eigenvalue weighted by atomic mass is 79.9. The summed E-state index contributed by atoms with van der Waals surface area (Å²) in [6.45, 7) is 1.25. The smallest absolute Gasteiger partial charge is 0.251 e. The Morgan fingerprint density at radius 2 is 2.05 bits per heavy atom. The van der Waals surface area contributed by atoms with Crippen LogP contribution in [0.4, 0.5) is 4.39 Å². The van der Waals surface area contributed by atoms with E-state index in [9.17, 15) is 9.18 Å². The molecule has 1 aromatic rings. The molecule has 0 aromatic heterocycles. The van der Waals surface area contributed by atoms with Crippen LogP contribution < -0.4 is 5.32 Å². The Kier molecular flexibility index (Phi) is 4.97. The summed E-state index contributed by atoms with van der Waals surface area (Å²) < 4.78 is 19.2. The van der Waals surface area contributed by atoms with Gasteiger partial charge in [-0.05, 0) is 31.0 Å². The average molecular weight is 395 g/mol. The standard InChI is InChI=1S/C13H14Br2FNO2/c14-8-13(1-3-19-4-2-13)17-12(18)9-5-10(15)7-11(16)6-9/h5-7H,1-4,8H2,(H,17,18). The van der Waals surface area contributed by atoms with E-state index in [-0.39, 0.29) is 11.4 Å². The van der Waals surface area contributed by atoms with Gasteiger partial charge < -0.3 is 10.1 Å². The monoisotopic (exact) mass is 393 g/mol. The first-order valence-corrected chi connectivity index (χ1v) is 7.88. The van der Waals surface area contributed by atoms with Gasteiger partial charge in [0.05, 0.1) is 5.54 Å². The molecule has 6 heteroatoms. The first kappa shape index (κ1) is 14.9. The molecule has 1 heterocycles. The Morgan fingerprint density at radius 1 is 1.37 bits per heavy atom. The molecule has 19 heavy (non-hydrogen) atoms. The molecule has 1 aromatic carbocycles. The molecular formula is C13H14Br2FNO2. The lowest BCUT2D eigenvalue weighted by molar-refractivity contribution is 0.0441. The van der Waals surface area contributed by atoms with Crippen molar-refractivity contribution < 1.29 is 13.9 Å². The van der Waals surface area contributed by atoms with Gasteiger partial charge in [0.1, 0.15) is 5.82 Å². The van der Waals surface area contributed by atoms with E-state index in [1.165, 1.54) is 12.1 Å². The second kappa shape index (κ2) is 6.33. The van der Waals surface area contributed by atoms with Crippen molar-refractivity contribution >= 4 is 37.8 Å². The van der Waals surface area contributed by atoms with Gasteiger partial charge in [-0.1, -0.05) is 31.9 Å². The molecule has 1 aliphatic heterocycles. The normalized spacial score (nSPS) is 18.1. The summed E-state index contributed by atoms with van der Waals surface area (Å²) in [7, 11) is 0. The third-order valence-corrected chi connectivity index (χ3v) is 4.74. The average Bonchev–Trinajstić information content (AvgIpc) is 2.38. The predicted molar refractivity (Wildman–Crippen MR) is 78.1 cm³/mol. The molecule has 1 N–H and O–H groups in total. The van der Waals surface area contributed by atoms with Crippen molar-refractivity contribution in [2.45, 2.75) is 18.4 Å². The third kappa shape index (κ3) is 3.77. The van der Waals surface area contributed by atoms with E-state index in [4.69, 9.17) is 4.74 Å². The van der Waals surface area contributed by atoms with Gasteiger partial charge >= 0.3 is 0 Å². The molecule has 0 aliphatic carbocycles. The first-order valence-electron chi connectivity index (χ1n) is 5.97. The van der Waals surface area contributed by atoms with E-state index in [0.29, 0.717) is 28.6 Å². The van der Waals surface area contributed by atoms with Crippen molar-refractivity contribution in [1.29, 1.82) is 0 Å². The molecule has 1 fully saturated rings. The van der Waals surface area contributed by atoms with Crippen LogP contribution >= 0.6 is 31.9 Å². The van der Waals surface area contributed by atoms with Crippen LogP contribution in [0.2, 0.25) is 0 Å². The largest absolute Gasteiger partial charge is 0.381 e. The van der Waals surface area contributed by atoms with Crippen molar-refractivity contribution in [2.24, 2.45) is 0 Å². The molecule has 1 amide bonds. The lowest BCUT2D eigenvalue weighted by Crippen LogP contribution is -2.53. The SMILES string of the molecule is O=C(NC1(CBr)CCOCC1)c1cc(F)cc(Br)c1. The van der Waals surface area contributed by atoms with Gasteiger partial charge in [-0.25, -0.2) is 4.39 Å². The zero-order chi connectivity index (χ0) is 13.9. The molecule has 104 valence electrons. The second-order valence-corrected chi connectivity index (χ2v) is 6.11. The number of hydrogen-bond acceptors (Lipinski definition) is 2. The number of ether oxygens (including phenoxy) is 1. The lowest BCUT2D eigenvalue weighted by atomic mass is 9.92. The van der Waals surface area contributed by atoms with E-state index >= 15 is 0 Å². The van der Waals surface area contributed by atoms with Crippen molar-refractivity contribution in [3.63, 3.8) is 0 Å². The van der Waals surface area contributed by atoms with Gasteiger partial charge in [0.25, 0.3) is 5.91 Å². The van der Waals surface area contributed by atoms with Gasteiger partial charge in [0.2, 0.25) is 0 Å². The highest BCUT2D eigenvalue weighted by Gasteiger charge is 2.33. The molecule has 0 bridgehead atoms. The van der Waals surface area contributed by atoms with Crippen LogP contribution in [0.3, 0.4) is 0 Å². The number of hydrogen-bond donors (Lipinski definition) is 1. The Bertz CT molecular complexity index is 455. The summed E-state index contributed by atoms with van der Waals surface area (Å²) in [5, 5.41) is 3.66. The number of benzene rings is 1. The van der Waals surface area contributed by atoms with E-state index in [1.54, 1.807) is 6.07 Å². The number of carbonyl (C=O) groups excluding carboxylic acids is 1. The van der Waals surface area contributed by atoms with E-state index in [0.717, 1.165) is 12.8 Å². The van der Waals surface area contributed by atoms with Gasteiger partial charge in [0.15, 0.2) is 0 Å². The molecule has 0 spiro atoms. The molecule has 0 unspecified atom stereocenters. The molecule has 2 rings (SSSR count). The third-order valence-electron chi connectivity index (χ3n) is 3.21. The molecule has 0 radical (unpaired) electrons. The fourth-order valence-electron chi connectivity index (χ4n) is 2.05. The van der Waals surface area contributed by atoms with Crippen LogP contribution in [-0.2, 0) is 4.74 Å². The number of alkyl halides is 1. The minimum Gasteiger partial charge on any atom is -0.381 e. The maximum Gasteiger partial charge on any atom is 0.251 e. The minimum absolute atomic E-state index is 0.262. The summed E-state index contributed by atoms with van der Waals surface area (Å²) in [5.74, 6) is -0.694. The Hall–Kier alpha value is -0.460. The van der Waals surface area contributed by atoms with Gasteiger partial charge in [-0.2, -0.15) is 0 Å². The summed E-state index contributed by atoms with van der Waals surface area (Å²) in [5.41, 5.74) is 0.00685. The van der Waals surface area contributed by atoms with Crippen LogP contribution in [0.1, 0.15) is 23.2 Å². The Labute approximate surface area is 128 Å². The van der Waals surface area contributed by atoms with Crippen molar-refractivity contribution in [3.05, 3.63) is 34.1 Å². The highest BCUT2D eigenvalue weighted by molar-refractivity contribution is 9.10. The highest BCUT2D eigenvalue weighted by Crippen LogP contribution is 2.24. The second-order valence-electron chi connectivity index (χ2n) is 4.64. The number of rotatable bonds is 3. The molecular weight excluding hydrogens is 381 g/mol. The lowest BCUT2D eigenvalue weighted by Gasteiger charge is -2.36. The summed E-state index contributed by atoms with van der Waals surface area (Å²) >= 11 is 6.63. The topological polar surface area (TPSA) is 38.3 Å². The van der Waals surface area contributed by atoms with E-state index < -0.39 is 5.82 Å². The van der Waals surface area contributed by atoms with Crippen molar-refractivity contribution in [2.75, 3.05) is 18.5 Å². The van der Waals surface area contributed by atoms with Gasteiger partial charge in [-0.3, -0.25) is 4.79 Å². The van der Waals surface area contributed by atoms with Crippen LogP contribution in [0, 0.1) is 5.82 Å². The zero-order valence-electron chi connectivity index (χ0n) is 10.2. The van der Waals surface area contributed by atoms with Crippen LogP contribution in [0.5, 0.6) is 0 Å². The molecule has 0 atom stereocenters. The number of halogens is 3. The van der Waals surface area contributed by atoms with Crippen molar-refractivity contribution in [3.8, 4) is 0 Å². The fraction of sp³-hybridized carbons (Fsp3) is 0.462. The number of nitrogens with one attached hydrogen (secondary N) is 1. The molecule has 1 aliphatic rings. The van der Waals surface area contributed by atoms with E-state index in [1.807, 2.05) is 0 Å². The number of carbonyl (C=O) groups is 1.